The highest BCUT2D eigenvalue weighted by Crippen LogP contribution is 2.31. The summed E-state index contributed by atoms with van der Waals surface area (Å²) < 4.78 is 0. The molecule has 0 saturated heterocycles. The summed E-state index contributed by atoms with van der Waals surface area (Å²) in [6.45, 7) is 5.14. The van der Waals surface area contributed by atoms with E-state index in [0.717, 1.165) is 5.56 Å². The summed E-state index contributed by atoms with van der Waals surface area (Å²) >= 11 is 0. The summed E-state index contributed by atoms with van der Waals surface area (Å²) in [5.41, 5.74) is 2.80. The molecule has 0 aliphatic rings. The molecule has 2 amide bonds. The first kappa shape index (κ1) is 19.1. The van der Waals surface area contributed by atoms with Crippen molar-refractivity contribution in [1.82, 2.24) is 0 Å². The summed E-state index contributed by atoms with van der Waals surface area (Å²) in [5.74, 6) is -4.05. The van der Waals surface area contributed by atoms with E-state index >= 15 is 0 Å². The van der Waals surface area contributed by atoms with E-state index in [1.165, 1.54) is 0 Å². The number of aliphatic carboxylic acids is 2. The number of carboxylic acid groups (broad SMARTS) is 2. The molecule has 0 aliphatic heterocycles. The van der Waals surface area contributed by atoms with Gasteiger partial charge in [-0.3, -0.25) is 9.59 Å². The Labute approximate surface area is 138 Å². The highest BCUT2D eigenvalue weighted by atomic mass is 16.4. The lowest BCUT2D eigenvalue weighted by Gasteiger charge is -2.19. The van der Waals surface area contributed by atoms with Crippen molar-refractivity contribution >= 4 is 35.1 Å². The van der Waals surface area contributed by atoms with Gasteiger partial charge in [0.2, 0.25) is 11.8 Å². The molecule has 0 aromatic heterocycles. The van der Waals surface area contributed by atoms with Crippen LogP contribution in [0.3, 0.4) is 0 Å². The molecule has 130 valence electrons. The molecule has 0 aliphatic carbocycles. The van der Waals surface area contributed by atoms with E-state index in [-0.39, 0.29) is 6.42 Å². The lowest BCUT2D eigenvalue weighted by Crippen LogP contribution is -2.28. The molecular formula is C16H18N2O6-2. The summed E-state index contributed by atoms with van der Waals surface area (Å²) in [7, 11) is 0. The van der Waals surface area contributed by atoms with Crippen LogP contribution in [0.25, 0.3) is 0 Å². The Balaban J connectivity index is 3.03. The molecule has 0 atom stereocenters. The molecule has 0 radical (unpaired) electrons. The Morgan fingerprint density at radius 1 is 0.833 bits per heavy atom. The second-order valence-corrected chi connectivity index (χ2v) is 5.40. The monoisotopic (exact) mass is 334 g/mol. The van der Waals surface area contributed by atoms with Crippen molar-refractivity contribution in [2.75, 3.05) is 10.6 Å². The second-order valence-electron chi connectivity index (χ2n) is 5.40. The van der Waals surface area contributed by atoms with Crippen molar-refractivity contribution in [3.05, 3.63) is 22.8 Å². The third-order valence-electron chi connectivity index (χ3n) is 3.36. The van der Waals surface area contributed by atoms with Gasteiger partial charge in [-0.15, -0.1) is 0 Å². The number of carboxylic acids is 2. The van der Waals surface area contributed by atoms with Gasteiger partial charge in [-0.1, -0.05) is 6.07 Å². The highest BCUT2D eigenvalue weighted by Gasteiger charge is 2.15. The van der Waals surface area contributed by atoms with Crippen LogP contribution in [0.1, 0.15) is 36.0 Å². The number of rotatable bonds is 7. The van der Waals surface area contributed by atoms with Crippen LogP contribution in [-0.4, -0.2) is 23.8 Å². The molecule has 8 heteroatoms. The fourth-order valence-corrected chi connectivity index (χ4v) is 2.30. The zero-order valence-corrected chi connectivity index (χ0v) is 13.6. The summed E-state index contributed by atoms with van der Waals surface area (Å²) in [6, 6.07) is 1.72. The van der Waals surface area contributed by atoms with E-state index in [2.05, 4.69) is 10.6 Å². The minimum absolute atomic E-state index is 0.235. The SMILES string of the molecule is Cc1cc(C)c(NC(=O)CC(=O)[O-])c(C)c1NC(=O)CCC(=O)[O-]. The van der Waals surface area contributed by atoms with Crippen LogP contribution in [-0.2, 0) is 19.2 Å². The van der Waals surface area contributed by atoms with Gasteiger partial charge in [-0.05, 0) is 43.9 Å². The molecular weight excluding hydrogens is 316 g/mol. The molecule has 0 fully saturated rings. The number of nitrogens with one attached hydrogen (secondary N) is 2. The first-order valence-corrected chi connectivity index (χ1v) is 7.22. The Hall–Kier alpha value is -2.90. The summed E-state index contributed by atoms with van der Waals surface area (Å²) in [6.07, 6.45) is -1.41. The van der Waals surface area contributed by atoms with Gasteiger partial charge in [0, 0.05) is 23.8 Å². The number of hydrogen-bond acceptors (Lipinski definition) is 6. The Bertz CT molecular complexity index is 696. The largest absolute Gasteiger partial charge is 0.550 e. The van der Waals surface area contributed by atoms with Crippen molar-refractivity contribution in [3.8, 4) is 0 Å². The molecule has 24 heavy (non-hydrogen) atoms. The summed E-state index contributed by atoms with van der Waals surface area (Å²) in [4.78, 5) is 44.3. The van der Waals surface area contributed by atoms with Crippen LogP contribution < -0.4 is 20.8 Å². The lowest BCUT2D eigenvalue weighted by molar-refractivity contribution is -0.306. The zero-order valence-electron chi connectivity index (χ0n) is 13.6. The Morgan fingerprint density at radius 3 is 1.79 bits per heavy atom. The van der Waals surface area contributed by atoms with Gasteiger partial charge >= 0.3 is 0 Å². The van der Waals surface area contributed by atoms with Crippen LogP contribution in [0.2, 0.25) is 0 Å². The molecule has 0 unspecified atom stereocenters. The maximum absolute atomic E-state index is 11.8. The van der Waals surface area contributed by atoms with E-state index in [4.69, 9.17) is 0 Å². The van der Waals surface area contributed by atoms with Crippen LogP contribution in [0.15, 0.2) is 6.07 Å². The number of carbonyl (C=O) groups is 4. The fourth-order valence-electron chi connectivity index (χ4n) is 2.30. The second kappa shape index (κ2) is 8.09. The Kier molecular flexibility index (Phi) is 6.46. The van der Waals surface area contributed by atoms with Crippen molar-refractivity contribution in [3.63, 3.8) is 0 Å². The van der Waals surface area contributed by atoms with Gasteiger partial charge in [0.25, 0.3) is 0 Å². The zero-order chi connectivity index (χ0) is 18.4. The number of benzene rings is 1. The molecule has 2 N–H and O–H groups in total. The number of hydrogen-bond donors (Lipinski definition) is 2. The number of amides is 2. The van der Waals surface area contributed by atoms with Crippen molar-refractivity contribution in [2.45, 2.75) is 40.0 Å². The predicted octanol–water partition coefficient (Wildman–Crippen LogP) is -0.841. The molecule has 0 bridgehead atoms. The third-order valence-corrected chi connectivity index (χ3v) is 3.36. The van der Waals surface area contributed by atoms with E-state index in [1.807, 2.05) is 0 Å². The molecule has 0 saturated carbocycles. The fraction of sp³-hybridized carbons (Fsp3) is 0.375. The topological polar surface area (TPSA) is 138 Å². The maximum atomic E-state index is 11.8. The quantitative estimate of drug-likeness (QED) is 0.623. The summed E-state index contributed by atoms with van der Waals surface area (Å²) in [5, 5.41) is 26.0. The molecule has 1 aromatic rings. The van der Waals surface area contributed by atoms with Crippen LogP contribution in [0.5, 0.6) is 0 Å². The lowest BCUT2D eigenvalue weighted by atomic mass is 10.0. The van der Waals surface area contributed by atoms with Crippen molar-refractivity contribution < 1.29 is 29.4 Å². The van der Waals surface area contributed by atoms with Crippen molar-refractivity contribution in [2.24, 2.45) is 0 Å². The number of anilines is 2. The van der Waals surface area contributed by atoms with E-state index in [0.29, 0.717) is 22.5 Å². The van der Waals surface area contributed by atoms with Crippen LogP contribution in [0, 0.1) is 20.8 Å². The molecule has 8 nitrogen and oxygen atoms in total. The van der Waals surface area contributed by atoms with Crippen molar-refractivity contribution in [1.29, 1.82) is 0 Å². The molecule has 0 spiro atoms. The minimum Gasteiger partial charge on any atom is -0.550 e. The van der Waals surface area contributed by atoms with E-state index < -0.39 is 36.6 Å². The van der Waals surface area contributed by atoms with Crippen LogP contribution in [0.4, 0.5) is 11.4 Å². The van der Waals surface area contributed by atoms with Crippen LogP contribution >= 0.6 is 0 Å². The van der Waals surface area contributed by atoms with E-state index in [9.17, 15) is 29.4 Å². The standard InChI is InChI=1S/C16H20N2O6/c1-8-6-9(2)16(18-12(20)7-14(23)24)10(3)15(8)17-11(19)4-5-13(21)22/h6H,4-5,7H2,1-3H3,(H,17,19)(H,18,20)(H,21,22)(H,23,24)/p-2. The first-order chi connectivity index (χ1) is 11.1. The van der Waals surface area contributed by atoms with Gasteiger partial charge in [0.15, 0.2) is 0 Å². The average Bonchev–Trinajstić information content (AvgIpc) is 2.45. The van der Waals surface area contributed by atoms with Gasteiger partial charge in [-0.2, -0.15) is 0 Å². The van der Waals surface area contributed by atoms with E-state index in [1.54, 1.807) is 26.8 Å². The predicted molar refractivity (Wildman–Crippen MR) is 81.8 cm³/mol. The van der Waals surface area contributed by atoms with Gasteiger partial charge in [-0.25, -0.2) is 0 Å². The Morgan fingerprint density at radius 2 is 1.33 bits per heavy atom. The van der Waals surface area contributed by atoms with Gasteiger partial charge in [0.1, 0.15) is 0 Å². The third kappa shape index (κ3) is 5.38. The number of aryl methyl sites for hydroxylation is 2. The first-order valence-electron chi connectivity index (χ1n) is 7.22. The van der Waals surface area contributed by atoms with Gasteiger partial charge < -0.3 is 30.4 Å². The van der Waals surface area contributed by atoms with Gasteiger partial charge in [0.05, 0.1) is 12.4 Å². The highest BCUT2D eigenvalue weighted by molar-refractivity contribution is 6.03. The maximum Gasteiger partial charge on any atom is 0.230 e. The molecule has 0 heterocycles. The normalized spacial score (nSPS) is 10.1. The average molecular weight is 334 g/mol. The molecule has 1 aromatic carbocycles. The minimum atomic E-state index is -1.49. The molecule has 1 rings (SSSR count). The smallest absolute Gasteiger partial charge is 0.230 e. The number of carbonyl (C=O) groups excluding carboxylic acids is 4.